The molecule has 12 rings (SSSR count). The van der Waals surface area contributed by atoms with Gasteiger partial charge in [-0.2, -0.15) is 0 Å². The van der Waals surface area contributed by atoms with Crippen LogP contribution in [0.15, 0.2) is 255 Å². The van der Waals surface area contributed by atoms with Crippen LogP contribution in [0.3, 0.4) is 0 Å². The minimum absolute atomic E-state index is 0.441. The summed E-state index contributed by atoms with van der Waals surface area (Å²) < 4.78 is 0. The van der Waals surface area contributed by atoms with E-state index in [-0.39, 0.29) is 0 Å². The van der Waals surface area contributed by atoms with Crippen molar-refractivity contribution in [1.29, 1.82) is 0 Å². The number of aromatic nitrogens is 2. The first-order chi connectivity index (χ1) is 32.2. The van der Waals surface area contributed by atoms with Crippen LogP contribution in [0.5, 0.6) is 0 Å². The van der Waals surface area contributed by atoms with Gasteiger partial charge in [0.15, 0.2) is 5.82 Å². The molecule has 1 aromatic heterocycles. The van der Waals surface area contributed by atoms with Crippen LogP contribution in [0, 0.1) is 0 Å². The van der Waals surface area contributed by atoms with E-state index in [1.807, 2.05) is 18.2 Å². The SMILES string of the molecule is c1ccc(-c2cccc(-c3cc(-c4ccc(-c5ccc(-c6ccc7c(c6)C(c6ccccc6)(c6ccccc6)c6ccccc6-7)cc5)c5ccccc45)nc(-c4ccccc4)n3)c2)cc1. The Morgan fingerprint density at radius 1 is 0.246 bits per heavy atom. The monoisotopic (exact) mass is 826 g/mol. The number of benzene rings is 10. The molecule has 0 unspecified atom stereocenters. The van der Waals surface area contributed by atoms with Gasteiger partial charge in [-0.3, -0.25) is 0 Å². The van der Waals surface area contributed by atoms with E-state index in [2.05, 4.69) is 237 Å². The smallest absolute Gasteiger partial charge is 0.160 e. The highest BCUT2D eigenvalue weighted by atomic mass is 14.9. The summed E-state index contributed by atoms with van der Waals surface area (Å²) in [5, 5.41) is 2.32. The summed E-state index contributed by atoms with van der Waals surface area (Å²) in [6.45, 7) is 0. The second kappa shape index (κ2) is 16.0. The highest BCUT2D eigenvalue weighted by Crippen LogP contribution is 2.56. The standard InChI is InChI=1S/C63H42N2/c1-5-18-43(19-6-1)47-22-17-23-49(40-47)60-42-61(65-62(64-60)46-20-7-2-8-21-46)57-39-38-52(53-28-13-14-29-54(53)57)45-34-32-44(33-35-45)48-36-37-56-55-30-15-16-31-58(55)63(59(56)41-48,50-24-9-3-10-25-50)51-26-11-4-12-27-51/h1-42H. The van der Waals surface area contributed by atoms with Gasteiger partial charge in [0.25, 0.3) is 0 Å². The van der Waals surface area contributed by atoms with Crippen LogP contribution in [0.4, 0.5) is 0 Å². The number of hydrogen-bond acceptors (Lipinski definition) is 2. The van der Waals surface area contributed by atoms with Gasteiger partial charge in [-0.05, 0) is 95.7 Å². The van der Waals surface area contributed by atoms with Gasteiger partial charge >= 0.3 is 0 Å². The lowest BCUT2D eigenvalue weighted by atomic mass is 9.67. The molecule has 304 valence electrons. The summed E-state index contributed by atoms with van der Waals surface area (Å²) in [6.07, 6.45) is 0. The second-order valence-corrected chi connectivity index (χ2v) is 16.8. The van der Waals surface area contributed by atoms with Gasteiger partial charge in [0.2, 0.25) is 0 Å². The fourth-order valence-electron chi connectivity index (χ4n) is 10.2. The number of fused-ring (bicyclic) bond motifs is 4. The molecule has 0 saturated carbocycles. The van der Waals surface area contributed by atoms with Gasteiger partial charge in [-0.15, -0.1) is 0 Å². The first-order valence-corrected chi connectivity index (χ1v) is 22.3. The van der Waals surface area contributed by atoms with Crippen LogP contribution < -0.4 is 0 Å². The Kier molecular flexibility index (Phi) is 9.43. The molecule has 2 nitrogen and oxygen atoms in total. The molecular weight excluding hydrogens is 785 g/mol. The van der Waals surface area contributed by atoms with Gasteiger partial charge in [-0.25, -0.2) is 9.97 Å². The van der Waals surface area contributed by atoms with Gasteiger partial charge in [0.1, 0.15) is 0 Å². The lowest BCUT2D eigenvalue weighted by Crippen LogP contribution is -2.28. The summed E-state index contributed by atoms with van der Waals surface area (Å²) in [7, 11) is 0. The van der Waals surface area contributed by atoms with Gasteiger partial charge in [-0.1, -0.05) is 237 Å². The molecule has 0 radical (unpaired) electrons. The predicted octanol–water partition coefficient (Wildman–Crippen LogP) is 16.0. The largest absolute Gasteiger partial charge is 0.228 e. The van der Waals surface area contributed by atoms with E-state index in [0.29, 0.717) is 5.82 Å². The summed E-state index contributed by atoms with van der Waals surface area (Å²) in [5.74, 6) is 0.701. The zero-order chi connectivity index (χ0) is 43.2. The summed E-state index contributed by atoms with van der Waals surface area (Å²) in [5.41, 5.74) is 19.2. The number of nitrogens with zero attached hydrogens (tertiary/aromatic N) is 2. The van der Waals surface area contributed by atoms with E-state index in [0.717, 1.165) is 39.0 Å². The van der Waals surface area contributed by atoms with Crippen LogP contribution in [-0.2, 0) is 5.41 Å². The van der Waals surface area contributed by atoms with E-state index in [4.69, 9.17) is 9.97 Å². The molecule has 1 heterocycles. The maximum atomic E-state index is 5.25. The van der Waals surface area contributed by atoms with Gasteiger partial charge < -0.3 is 0 Å². The third kappa shape index (κ3) is 6.58. The molecule has 0 spiro atoms. The lowest BCUT2D eigenvalue weighted by molar-refractivity contribution is 0.769. The molecule has 1 aliphatic carbocycles. The first-order valence-electron chi connectivity index (χ1n) is 22.3. The number of rotatable bonds is 8. The highest BCUT2D eigenvalue weighted by Gasteiger charge is 2.46. The zero-order valence-corrected chi connectivity index (χ0v) is 35.6. The molecule has 0 aliphatic heterocycles. The van der Waals surface area contributed by atoms with Crippen LogP contribution in [0.2, 0.25) is 0 Å². The van der Waals surface area contributed by atoms with Crippen molar-refractivity contribution in [3.8, 4) is 78.4 Å². The highest BCUT2D eigenvalue weighted by molar-refractivity contribution is 6.05. The van der Waals surface area contributed by atoms with Crippen molar-refractivity contribution in [1.82, 2.24) is 9.97 Å². The van der Waals surface area contributed by atoms with Crippen LogP contribution in [0.25, 0.3) is 89.2 Å². The first kappa shape index (κ1) is 38.2. The molecule has 0 atom stereocenters. The Hall–Kier alpha value is -8.46. The van der Waals surface area contributed by atoms with Crippen molar-refractivity contribution in [2.75, 3.05) is 0 Å². The van der Waals surface area contributed by atoms with Crippen molar-refractivity contribution in [2.45, 2.75) is 5.41 Å². The molecule has 0 bridgehead atoms. The van der Waals surface area contributed by atoms with Crippen molar-refractivity contribution >= 4 is 10.8 Å². The average Bonchev–Trinajstić information content (AvgIpc) is 3.69. The quantitative estimate of drug-likeness (QED) is 0.152. The van der Waals surface area contributed by atoms with Crippen molar-refractivity contribution in [3.05, 3.63) is 277 Å². The fourth-order valence-corrected chi connectivity index (χ4v) is 10.2. The van der Waals surface area contributed by atoms with E-state index in [1.165, 1.54) is 66.6 Å². The lowest BCUT2D eigenvalue weighted by Gasteiger charge is -2.34. The molecular formula is C63H42N2. The Morgan fingerprint density at radius 2 is 0.708 bits per heavy atom. The Bertz CT molecular complexity index is 3470. The summed E-state index contributed by atoms with van der Waals surface area (Å²) in [6, 6.07) is 91.9. The topological polar surface area (TPSA) is 25.8 Å². The molecule has 1 aliphatic rings. The minimum atomic E-state index is -0.441. The molecule has 0 saturated heterocycles. The van der Waals surface area contributed by atoms with Crippen molar-refractivity contribution < 1.29 is 0 Å². The van der Waals surface area contributed by atoms with Crippen molar-refractivity contribution in [2.24, 2.45) is 0 Å². The van der Waals surface area contributed by atoms with Gasteiger partial charge in [0.05, 0.1) is 16.8 Å². The summed E-state index contributed by atoms with van der Waals surface area (Å²) in [4.78, 5) is 10.4. The molecule has 2 heteroatoms. The van der Waals surface area contributed by atoms with E-state index >= 15 is 0 Å². The molecule has 0 fully saturated rings. The third-order valence-corrected chi connectivity index (χ3v) is 13.2. The molecule has 11 aromatic rings. The molecule has 0 N–H and O–H groups in total. The van der Waals surface area contributed by atoms with E-state index in [9.17, 15) is 0 Å². The Labute approximate surface area is 379 Å². The van der Waals surface area contributed by atoms with Gasteiger partial charge in [0, 0.05) is 16.7 Å². The summed E-state index contributed by atoms with van der Waals surface area (Å²) >= 11 is 0. The Balaban J connectivity index is 0.944. The maximum absolute atomic E-state index is 5.25. The fraction of sp³-hybridized carbons (Fsp3) is 0.0159. The average molecular weight is 827 g/mol. The molecule has 0 amide bonds. The second-order valence-electron chi connectivity index (χ2n) is 16.8. The molecule has 10 aromatic carbocycles. The van der Waals surface area contributed by atoms with E-state index in [1.54, 1.807) is 0 Å². The Morgan fingerprint density at radius 3 is 1.42 bits per heavy atom. The number of hydrogen-bond donors (Lipinski definition) is 0. The third-order valence-electron chi connectivity index (χ3n) is 13.2. The van der Waals surface area contributed by atoms with Crippen LogP contribution in [0.1, 0.15) is 22.3 Å². The van der Waals surface area contributed by atoms with Crippen LogP contribution >= 0.6 is 0 Å². The molecule has 65 heavy (non-hydrogen) atoms. The zero-order valence-electron chi connectivity index (χ0n) is 35.6. The van der Waals surface area contributed by atoms with Crippen LogP contribution in [-0.4, -0.2) is 9.97 Å². The van der Waals surface area contributed by atoms with Crippen molar-refractivity contribution in [3.63, 3.8) is 0 Å². The normalized spacial score (nSPS) is 12.4. The predicted molar refractivity (Wildman–Crippen MR) is 269 cm³/mol. The van der Waals surface area contributed by atoms with E-state index < -0.39 is 5.41 Å². The maximum Gasteiger partial charge on any atom is 0.160 e. The minimum Gasteiger partial charge on any atom is -0.228 e.